The van der Waals surface area contributed by atoms with Crippen molar-refractivity contribution in [2.75, 3.05) is 31.1 Å². The van der Waals surface area contributed by atoms with Crippen LogP contribution in [0, 0.1) is 0 Å². The van der Waals surface area contributed by atoms with Crippen LogP contribution in [0.4, 0.5) is 5.82 Å². The SMILES string of the molecule is CCCOC1CCCN(c2cnc(CNCC)cn2)C1. The lowest BCUT2D eigenvalue weighted by Gasteiger charge is -2.33. The van der Waals surface area contributed by atoms with Crippen molar-refractivity contribution in [2.45, 2.75) is 45.8 Å². The molecule has 2 heterocycles. The second-order valence-corrected chi connectivity index (χ2v) is 5.23. The maximum absolute atomic E-state index is 5.86. The molecule has 0 radical (unpaired) electrons. The van der Waals surface area contributed by atoms with E-state index in [1.807, 2.05) is 12.4 Å². The molecule has 1 fully saturated rings. The van der Waals surface area contributed by atoms with Gasteiger partial charge in [-0.25, -0.2) is 4.98 Å². The lowest BCUT2D eigenvalue weighted by molar-refractivity contribution is 0.0439. The molecule has 1 N–H and O–H groups in total. The molecular formula is C15H26N4O. The van der Waals surface area contributed by atoms with Gasteiger partial charge in [0.2, 0.25) is 0 Å². The molecule has 112 valence electrons. The summed E-state index contributed by atoms with van der Waals surface area (Å²) in [5.41, 5.74) is 0.992. The molecule has 1 saturated heterocycles. The van der Waals surface area contributed by atoms with E-state index >= 15 is 0 Å². The second-order valence-electron chi connectivity index (χ2n) is 5.23. The third kappa shape index (κ3) is 4.42. The minimum Gasteiger partial charge on any atom is -0.376 e. The molecule has 0 spiro atoms. The summed E-state index contributed by atoms with van der Waals surface area (Å²) < 4.78 is 5.86. The van der Waals surface area contributed by atoms with Crippen LogP contribution in [-0.2, 0) is 11.3 Å². The van der Waals surface area contributed by atoms with Crippen LogP contribution < -0.4 is 10.2 Å². The van der Waals surface area contributed by atoms with Gasteiger partial charge in [-0.05, 0) is 25.8 Å². The molecule has 0 aliphatic carbocycles. The molecule has 2 rings (SSSR count). The van der Waals surface area contributed by atoms with E-state index in [2.05, 4.69) is 34.0 Å². The van der Waals surface area contributed by atoms with Crippen LogP contribution in [-0.4, -0.2) is 42.3 Å². The van der Waals surface area contributed by atoms with E-state index in [4.69, 9.17) is 4.74 Å². The highest BCUT2D eigenvalue weighted by molar-refractivity contribution is 5.36. The highest BCUT2D eigenvalue weighted by Gasteiger charge is 2.21. The molecular weight excluding hydrogens is 252 g/mol. The number of nitrogens with one attached hydrogen (secondary N) is 1. The molecule has 0 aromatic carbocycles. The van der Waals surface area contributed by atoms with Crippen LogP contribution in [0.2, 0.25) is 0 Å². The van der Waals surface area contributed by atoms with Crippen LogP contribution >= 0.6 is 0 Å². The quantitative estimate of drug-likeness (QED) is 0.826. The minimum atomic E-state index is 0.340. The number of anilines is 1. The van der Waals surface area contributed by atoms with Crippen molar-refractivity contribution in [2.24, 2.45) is 0 Å². The molecule has 1 aliphatic heterocycles. The molecule has 0 bridgehead atoms. The highest BCUT2D eigenvalue weighted by Crippen LogP contribution is 2.19. The molecule has 0 amide bonds. The van der Waals surface area contributed by atoms with Gasteiger partial charge in [0.1, 0.15) is 5.82 Å². The molecule has 5 heteroatoms. The number of hydrogen-bond acceptors (Lipinski definition) is 5. The van der Waals surface area contributed by atoms with Crippen LogP contribution in [0.3, 0.4) is 0 Å². The van der Waals surface area contributed by atoms with Crippen molar-refractivity contribution in [3.63, 3.8) is 0 Å². The monoisotopic (exact) mass is 278 g/mol. The summed E-state index contributed by atoms with van der Waals surface area (Å²) in [5, 5.41) is 3.26. The average molecular weight is 278 g/mol. The Morgan fingerprint density at radius 1 is 1.35 bits per heavy atom. The van der Waals surface area contributed by atoms with Crippen LogP contribution in [0.1, 0.15) is 38.8 Å². The zero-order valence-corrected chi connectivity index (χ0v) is 12.6. The predicted molar refractivity (Wildman–Crippen MR) is 80.9 cm³/mol. The van der Waals surface area contributed by atoms with E-state index in [0.29, 0.717) is 6.10 Å². The first-order chi connectivity index (χ1) is 9.83. The van der Waals surface area contributed by atoms with Crippen LogP contribution in [0.15, 0.2) is 12.4 Å². The maximum atomic E-state index is 5.86. The largest absolute Gasteiger partial charge is 0.376 e. The number of piperidine rings is 1. The average Bonchev–Trinajstić information content (AvgIpc) is 2.52. The van der Waals surface area contributed by atoms with Gasteiger partial charge < -0.3 is 15.0 Å². The van der Waals surface area contributed by atoms with Gasteiger partial charge in [-0.3, -0.25) is 4.98 Å². The van der Waals surface area contributed by atoms with Gasteiger partial charge in [0, 0.05) is 26.2 Å². The van der Waals surface area contributed by atoms with Crippen LogP contribution in [0.25, 0.3) is 0 Å². The van der Waals surface area contributed by atoms with Crippen LogP contribution in [0.5, 0.6) is 0 Å². The summed E-state index contributed by atoms with van der Waals surface area (Å²) >= 11 is 0. The van der Waals surface area contributed by atoms with E-state index in [1.165, 1.54) is 0 Å². The van der Waals surface area contributed by atoms with Gasteiger partial charge >= 0.3 is 0 Å². The summed E-state index contributed by atoms with van der Waals surface area (Å²) in [5.74, 6) is 0.968. The molecule has 20 heavy (non-hydrogen) atoms. The van der Waals surface area contributed by atoms with Crippen molar-refractivity contribution in [3.05, 3.63) is 18.1 Å². The maximum Gasteiger partial charge on any atom is 0.147 e. The first kappa shape index (κ1) is 15.2. The van der Waals surface area contributed by atoms with Crippen molar-refractivity contribution in [3.8, 4) is 0 Å². The topological polar surface area (TPSA) is 50.3 Å². The first-order valence-electron chi connectivity index (χ1n) is 7.71. The van der Waals surface area contributed by atoms with Gasteiger partial charge in [0.05, 0.1) is 24.2 Å². The number of ether oxygens (including phenoxy) is 1. The van der Waals surface area contributed by atoms with Gasteiger partial charge in [-0.15, -0.1) is 0 Å². The Bertz CT molecular complexity index is 382. The molecule has 1 aliphatic rings. The van der Waals surface area contributed by atoms with Crippen molar-refractivity contribution in [1.29, 1.82) is 0 Å². The number of rotatable bonds is 7. The number of nitrogens with zero attached hydrogens (tertiary/aromatic N) is 3. The van der Waals surface area contributed by atoms with Crippen molar-refractivity contribution >= 4 is 5.82 Å². The van der Waals surface area contributed by atoms with E-state index in [0.717, 1.165) is 63.6 Å². The Hall–Kier alpha value is -1.20. The molecule has 1 atom stereocenters. The smallest absolute Gasteiger partial charge is 0.147 e. The zero-order chi connectivity index (χ0) is 14.2. The highest BCUT2D eigenvalue weighted by atomic mass is 16.5. The van der Waals surface area contributed by atoms with Gasteiger partial charge in [0.15, 0.2) is 0 Å². The van der Waals surface area contributed by atoms with Gasteiger partial charge in [-0.2, -0.15) is 0 Å². The standard InChI is InChI=1S/C15H26N4O/c1-3-8-20-14-6-5-7-19(12-14)15-11-17-13(10-18-15)9-16-4-2/h10-11,14,16H,3-9,12H2,1-2H3. The van der Waals surface area contributed by atoms with E-state index in [1.54, 1.807) is 0 Å². The fraction of sp³-hybridized carbons (Fsp3) is 0.733. The minimum absolute atomic E-state index is 0.340. The van der Waals surface area contributed by atoms with E-state index in [-0.39, 0.29) is 0 Å². The van der Waals surface area contributed by atoms with Crippen molar-refractivity contribution in [1.82, 2.24) is 15.3 Å². The Morgan fingerprint density at radius 3 is 2.95 bits per heavy atom. The fourth-order valence-electron chi connectivity index (χ4n) is 2.42. The molecule has 1 unspecified atom stereocenters. The third-order valence-electron chi connectivity index (χ3n) is 3.51. The summed E-state index contributed by atoms with van der Waals surface area (Å²) in [6, 6.07) is 0. The Morgan fingerprint density at radius 2 is 2.25 bits per heavy atom. The normalized spacial score (nSPS) is 19.3. The lowest BCUT2D eigenvalue weighted by atomic mass is 10.1. The van der Waals surface area contributed by atoms with Gasteiger partial charge in [-0.1, -0.05) is 13.8 Å². The molecule has 1 aromatic heterocycles. The molecule has 1 aromatic rings. The first-order valence-corrected chi connectivity index (χ1v) is 7.71. The fourth-order valence-corrected chi connectivity index (χ4v) is 2.42. The molecule has 0 saturated carbocycles. The summed E-state index contributed by atoms with van der Waals surface area (Å²) in [4.78, 5) is 11.3. The van der Waals surface area contributed by atoms with Crippen molar-refractivity contribution < 1.29 is 4.74 Å². The van der Waals surface area contributed by atoms with Gasteiger partial charge in [0.25, 0.3) is 0 Å². The van der Waals surface area contributed by atoms with E-state index in [9.17, 15) is 0 Å². The predicted octanol–water partition coefficient (Wildman–Crippen LogP) is 1.98. The van der Waals surface area contributed by atoms with E-state index < -0.39 is 0 Å². The Kier molecular flexibility index (Phi) is 6.21. The number of aromatic nitrogens is 2. The number of hydrogen-bond donors (Lipinski definition) is 1. The summed E-state index contributed by atoms with van der Waals surface area (Å²) in [7, 11) is 0. The zero-order valence-electron chi connectivity index (χ0n) is 12.6. The summed E-state index contributed by atoms with van der Waals surface area (Å²) in [6.07, 6.45) is 7.49. The third-order valence-corrected chi connectivity index (χ3v) is 3.51. The second kappa shape index (κ2) is 8.17. The Balaban J connectivity index is 1.89. The Labute approximate surface area is 121 Å². The lowest BCUT2D eigenvalue weighted by Crippen LogP contribution is -2.40. The molecule has 5 nitrogen and oxygen atoms in total. The summed E-state index contributed by atoms with van der Waals surface area (Å²) in [6.45, 7) is 8.80.